The normalized spacial score (nSPS) is 14.7. The maximum Gasteiger partial charge on any atom is 0.272 e. The number of aliphatic hydroxyl groups is 1. The van der Waals surface area contributed by atoms with Crippen LogP contribution < -0.4 is 5.32 Å². The first-order valence-electron chi connectivity index (χ1n) is 7.71. The third kappa shape index (κ3) is 2.64. The number of amides is 1. The standard InChI is InChI=1S/C17H21N3O2/c1-11-6-3-4-8-14(11)20-15-9-5-7-13(15)16(19-20)17(22)18-10-12(2)21/h3-4,6,8,12,21H,5,7,9-10H2,1-2H3,(H,18,22). The van der Waals surface area contributed by atoms with Crippen molar-refractivity contribution in [1.82, 2.24) is 15.1 Å². The fourth-order valence-corrected chi connectivity index (χ4v) is 2.94. The van der Waals surface area contributed by atoms with E-state index in [0.29, 0.717) is 5.69 Å². The van der Waals surface area contributed by atoms with Gasteiger partial charge in [0.1, 0.15) is 0 Å². The zero-order valence-corrected chi connectivity index (χ0v) is 13.0. The molecule has 1 unspecified atom stereocenters. The minimum Gasteiger partial charge on any atom is -0.392 e. The number of rotatable bonds is 4. The van der Waals surface area contributed by atoms with Crippen molar-refractivity contribution < 1.29 is 9.90 Å². The molecule has 0 spiro atoms. The summed E-state index contributed by atoms with van der Waals surface area (Å²) >= 11 is 0. The van der Waals surface area contributed by atoms with Gasteiger partial charge in [0.2, 0.25) is 0 Å². The molecule has 0 bridgehead atoms. The van der Waals surface area contributed by atoms with Gasteiger partial charge in [-0.05, 0) is 44.7 Å². The second-order valence-electron chi connectivity index (χ2n) is 5.88. The van der Waals surface area contributed by atoms with Gasteiger partial charge in [-0.2, -0.15) is 5.10 Å². The number of aliphatic hydroxyl groups excluding tert-OH is 1. The first-order valence-corrected chi connectivity index (χ1v) is 7.71. The van der Waals surface area contributed by atoms with Crippen molar-refractivity contribution in [2.24, 2.45) is 0 Å². The van der Waals surface area contributed by atoms with Crippen molar-refractivity contribution in [3.05, 3.63) is 46.8 Å². The smallest absolute Gasteiger partial charge is 0.272 e. The maximum absolute atomic E-state index is 12.3. The van der Waals surface area contributed by atoms with Gasteiger partial charge in [0.05, 0.1) is 11.8 Å². The molecule has 116 valence electrons. The van der Waals surface area contributed by atoms with E-state index in [-0.39, 0.29) is 12.5 Å². The van der Waals surface area contributed by atoms with Crippen LogP contribution in [0.5, 0.6) is 0 Å². The van der Waals surface area contributed by atoms with E-state index < -0.39 is 6.10 Å². The van der Waals surface area contributed by atoms with Crippen molar-refractivity contribution in [3.8, 4) is 5.69 Å². The molecule has 0 aliphatic heterocycles. The molecule has 0 saturated heterocycles. The highest BCUT2D eigenvalue weighted by Crippen LogP contribution is 2.28. The monoisotopic (exact) mass is 299 g/mol. The lowest BCUT2D eigenvalue weighted by Crippen LogP contribution is -2.31. The Morgan fingerprint density at radius 3 is 2.91 bits per heavy atom. The molecule has 1 aromatic carbocycles. The molecule has 2 aromatic rings. The average Bonchev–Trinajstić information content (AvgIpc) is 3.07. The molecule has 1 atom stereocenters. The van der Waals surface area contributed by atoms with Crippen LogP contribution in [0.3, 0.4) is 0 Å². The lowest BCUT2D eigenvalue weighted by atomic mass is 10.2. The largest absolute Gasteiger partial charge is 0.392 e. The summed E-state index contributed by atoms with van der Waals surface area (Å²) in [5.41, 5.74) is 4.84. The predicted octanol–water partition coefficient (Wildman–Crippen LogP) is 1.78. The summed E-state index contributed by atoms with van der Waals surface area (Å²) in [5.74, 6) is -0.202. The summed E-state index contributed by atoms with van der Waals surface area (Å²) in [6.45, 7) is 3.94. The molecule has 5 nitrogen and oxygen atoms in total. The number of nitrogens with zero attached hydrogens (tertiary/aromatic N) is 2. The lowest BCUT2D eigenvalue weighted by molar-refractivity contribution is 0.0917. The molecule has 0 radical (unpaired) electrons. The quantitative estimate of drug-likeness (QED) is 0.904. The van der Waals surface area contributed by atoms with Gasteiger partial charge in [-0.15, -0.1) is 0 Å². The van der Waals surface area contributed by atoms with Crippen LogP contribution >= 0.6 is 0 Å². The van der Waals surface area contributed by atoms with Crippen LogP contribution in [0.15, 0.2) is 24.3 Å². The Bertz CT molecular complexity index is 704. The molecular formula is C17H21N3O2. The molecule has 1 amide bonds. The van der Waals surface area contributed by atoms with Crippen molar-refractivity contribution >= 4 is 5.91 Å². The molecule has 0 saturated carbocycles. The van der Waals surface area contributed by atoms with Crippen LogP contribution in [0.25, 0.3) is 5.69 Å². The second-order valence-corrected chi connectivity index (χ2v) is 5.88. The Labute approximate surface area is 130 Å². The van der Waals surface area contributed by atoms with E-state index in [2.05, 4.69) is 10.4 Å². The van der Waals surface area contributed by atoms with Gasteiger partial charge in [0.25, 0.3) is 5.91 Å². The second kappa shape index (κ2) is 5.93. The van der Waals surface area contributed by atoms with E-state index in [1.54, 1.807) is 6.92 Å². The van der Waals surface area contributed by atoms with Crippen molar-refractivity contribution in [3.63, 3.8) is 0 Å². The highest BCUT2D eigenvalue weighted by molar-refractivity contribution is 5.94. The van der Waals surface area contributed by atoms with Crippen LogP contribution in [-0.2, 0) is 12.8 Å². The average molecular weight is 299 g/mol. The van der Waals surface area contributed by atoms with E-state index in [1.807, 2.05) is 35.9 Å². The van der Waals surface area contributed by atoms with E-state index >= 15 is 0 Å². The summed E-state index contributed by atoms with van der Waals surface area (Å²) < 4.78 is 1.91. The van der Waals surface area contributed by atoms with Crippen LogP contribution in [0.4, 0.5) is 0 Å². The van der Waals surface area contributed by atoms with Gasteiger partial charge in [-0.3, -0.25) is 4.79 Å². The highest BCUT2D eigenvalue weighted by Gasteiger charge is 2.27. The minimum absolute atomic E-state index is 0.202. The zero-order valence-electron chi connectivity index (χ0n) is 13.0. The number of nitrogens with one attached hydrogen (secondary N) is 1. The van der Waals surface area contributed by atoms with Gasteiger partial charge in [0, 0.05) is 17.8 Å². The summed E-state index contributed by atoms with van der Waals surface area (Å²) in [6.07, 6.45) is 2.32. The zero-order chi connectivity index (χ0) is 15.7. The summed E-state index contributed by atoms with van der Waals surface area (Å²) in [7, 11) is 0. The van der Waals surface area contributed by atoms with Gasteiger partial charge in [0.15, 0.2) is 5.69 Å². The van der Waals surface area contributed by atoms with Gasteiger partial charge < -0.3 is 10.4 Å². The number of para-hydroxylation sites is 1. The molecule has 22 heavy (non-hydrogen) atoms. The lowest BCUT2D eigenvalue weighted by Gasteiger charge is -2.08. The first-order chi connectivity index (χ1) is 10.6. The number of carbonyl (C=O) groups excluding carboxylic acids is 1. The van der Waals surface area contributed by atoms with E-state index in [0.717, 1.165) is 41.8 Å². The van der Waals surface area contributed by atoms with E-state index in [4.69, 9.17) is 0 Å². The van der Waals surface area contributed by atoms with Crippen molar-refractivity contribution in [1.29, 1.82) is 0 Å². The van der Waals surface area contributed by atoms with Gasteiger partial charge in [-0.25, -0.2) is 4.68 Å². The summed E-state index contributed by atoms with van der Waals surface area (Å²) in [6, 6.07) is 8.06. The molecule has 5 heteroatoms. The Balaban J connectivity index is 1.99. The van der Waals surface area contributed by atoms with Crippen LogP contribution in [0.1, 0.15) is 40.7 Å². The van der Waals surface area contributed by atoms with Crippen LogP contribution in [-0.4, -0.2) is 33.4 Å². The maximum atomic E-state index is 12.3. The Hall–Kier alpha value is -2.14. The number of hydrogen-bond acceptors (Lipinski definition) is 3. The van der Waals surface area contributed by atoms with Crippen LogP contribution in [0, 0.1) is 6.92 Å². The molecule has 2 N–H and O–H groups in total. The molecular weight excluding hydrogens is 278 g/mol. The molecule has 0 fully saturated rings. The number of aryl methyl sites for hydroxylation is 1. The fraction of sp³-hybridized carbons (Fsp3) is 0.412. The Morgan fingerprint density at radius 1 is 1.41 bits per heavy atom. The predicted molar refractivity (Wildman–Crippen MR) is 84.3 cm³/mol. The number of fused-ring (bicyclic) bond motifs is 1. The third-order valence-corrected chi connectivity index (χ3v) is 4.05. The van der Waals surface area contributed by atoms with E-state index in [9.17, 15) is 9.90 Å². The Kier molecular flexibility index (Phi) is 3.98. The Morgan fingerprint density at radius 2 is 2.18 bits per heavy atom. The highest BCUT2D eigenvalue weighted by atomic mass is 16.3. The molecule has 1 heterocycles. The minimum atomic E-state index is -0.560. The molecule has 3 rings (SSSR count). The van der Waals surface area contributed by atoms with Crippen LogP contribution in [0.2, 0.25) is 0 Å². The summed E-state index contributed by atoms with van der Waals surface area (Å²) in [5, 5.41) is 16.6. The summed E-state index contributed by atoms with van der Waals surface area (Å²) in [4.78, 5) is 12.3. The SMILES string of the molecule is Cc1ccccc1-n1nc(C(=O)NCC(C)O)c2c1CCC2. The van der Waals surface area contributed by atoms with E-state index in [1.165, 1.54) is 0 Å². The van der Waals surface area contributed by atoms with Crippen molar-refractivity contribution in [2.45, 2.75) is 39.2 Å². The van der Waals surface area contributed by atoms with Crippen molar-refractivity contribution in [2.75, 3.05) is 6.54 Å². The number of carbonyl (C=O) groups is 1. The third-order valence-electron chi connectivity index (χ3n) is 4.05. The molecule has 1 aromatic heterocycles. The number of aromatic nitrogens is 2. The fourth-order valence-electron chi connectivity index (χ4n) is 2.94. The number of benzene rings is 1. The first kappa shape index (κ1) is 14.8. The van der Waals surface area contributed by atoms with Gasteiger partial charge in [-0.1, -0.05) is 18.2 Å². The molecule has 1 aliphatic rings. The number of hydrogen-bond donors (Lipinski definition) is 2. The molecule has 1 aliphatic carbocycles. The van der Waals surface area contributed by atoms with Gasteiger partial charge >= 0.3 is 0 Å². The topological polar surface area (TPSA) is 67.2 Å².